The summed E-state index contributed by atoms with van der Waals surface area (Å²) in [5.74, 6) is 0. The minimum atomic E-state index is -3.90. The van der Waals surface area contributed by atoms with Gasteiger partial charge < -0.3 is 4.98 Å². The average Bonchev–Trinajstić information content (AvgIpc) is 2.68. The fourth-order valence-electron chi connectivity index (χ4n) is 1.58. The van der Waals surface area contributed by atoms with Gasteiger partial charge in [-0.15, -0.1) is 11.3 Å². The van der Waals surface area contributed by atoms with Crippen molar-refractivity contribution in [1.29, 1.82) is 0 Å². The number of nitrogens with zero attached hydrogens (tertiary/aromatic N) is 1. The normalized spacial score (nSPS) is 11.5. The van der Waals surface area contributed by atoms with Crippen molar-refractivity contribution in [3.05, 3.63) is 39.3 Å². The SMILES string of the molecule is CCc1nc(NS(=O)(=O)c2c[nH]ccc2=O)sc1C. The zero-order valence-corrected chi connectivity index (χ0v) is 12.1. The topological polar surface area (TPSA) is 91.9 Å². The second-order valence-corrected chi connectivity index (χ2v) is 6.71. The molecule has 0 aliphatic heterocycles. The van der Waals surface area contributed by atoms with Gasteiger partial charge in [0.15, 0.2) is 10.0 Å². The maximum Gasteiger partial charge on any atom is 0.269 e. The molecule has 8 heteroatoms. The Morgan fingerprint density at radius 2 is 2.21 bits per heavy atom. The van der Waals surface area contributed by atoms with Crippen LogP contribution in [0.1, 0.15) is 17.5 Å². The number of hydrogen-bond donors (Lipinski definition) is 2. The Hall–Kier alpha value is -1.67. The highest BCUT2D eigenvalue weighted by Crippen LogP contribution is 2.24. The van der Waals surface area contributed by atoms with Crippen molar-refractivity contribution in [2.24, 2.45) is 0 Å². The molecule has 0 aliphatic carbocycles. The molecule has 0 aliphatic rings. The Labute approximate surface area is 114 Å². The Kier molecular flexibility index (Phi) is 3.72. The molecule has 19 heavy (non-hydrogen) atoms. The van der Waals surface area contributed by atoms with E-state index in [1.165, 1.54) is 23.6 Å². The predicted molar refractivity (Wildman–Crippen MR) is 74.1 cm³/mol. The van der Waals surface area contributed by atoms with Gasteiger partial charge in [-0.05, 0) is 13.3 Å². The Morgan fingerprint density at radius 3 is 2.79 bits per heavy atom. The summed E-state index contributed by atoms with van der Waals surface area (Å²) in [7, 11) is -3.90. The first kappa shape index (κ1) is 13.8. The smallest absolute Gasteiger partial charge is 0.269 e. The quantitative estimate of drug-likeness (QED) is 0.895. The van der Waals surface area contributed by atoms with Gasteiger partial charge in [-0.25, -0.2) is 13.4 Å². The van der Waals surface area contributed by atoms with Gasteiger partial charge in [-0.3, -0.25) is 9.52 Å². The van der Waals surface area contributed by atoms with Crippen LogP contribution < -0.4 is 10.2 Å². The Morgan fingerprint density at radius 1 is 1.47 bits per heavy atom. The first-order valence-corrected chi connectivity index (χ1v) is 7.90. The van der Waals surface area contributed by atoms with Crippen LogP contribution in [0.4, 0.5) is 5.13 Å². The zero-order chi connectivity index (χ0) is 14.0. The molecule has 6 nitrogen and oxygen atoms in total. The number of rotatable bonds is 4. The highest BCUT2D eigenvalue weighted by atomic mass is 32.2. The maximum atomic E-state index is 12.1. The molecule has 2 aromatic rings. The molecule has 2 heterocycles. The minimum Gasteiger partial charge on any atom is -0.366 e. The van der Waals surface area contributed by atoms with Crippen molar-refractivity contribution >= 4 is 26.5 Å². The lowest BCUT2D eigenvalue weighted by Crippen LogP contribution is -2.20. The molecule has 2 N–H and O–H groups in total. The molecule has 0 bridgehead atoms. The van der Waals surface area contributed by atoms with Crippen LogP contribution in [-0.4, -0.2) is 18.4 Å². The predicted octanol–water partition coefficient (Wildman–Crippen LogP) is 1.50. The van der Waals surface area contributed by atoms with Crippen molar-refractivity contribution in [3.63, 3.8) is 0 Å². The molecule has 0 fully saturated rings. The summed E-state index contributed by atoms with van der Waals surface area (Å²) >= 11 is 1.25. The van der Waals surface area contributed by atoms with E-state index in [4.69, 9.17) is 0 Å². The molecule has 2 aromatic heterocycles. The molecule has 2 rings (SSSR count). The van der Waals surface area contributed by atoms with E-state index in [9.17, 15) is 13.2 Å². The lowest BCUT2D eigenvalue weighted by atomic mass is 10.3. The number of aryl methyl sites for hydroxylation is 2. The van der Waals surface area contributed by atoms with E-state index in [0.717, 1.165) is 23.2 Å². The van der Waals surface area contributed by atoms with Gasteiger partial charge in [-0.1, -0.05) is 6.92 Å². The summed E-state index contributed by atoms with van der Waals surface area (Å²) in [5.41, 5.74) is 0.292. The van der Waals surface area contributed by atoms with Gasteiger partial charge in [0.2, 0.25) is 5.43 Å². The number of nitrogens with one attached hydrogen (secondary N) is 2. The van der Waals surface area contributed by atoms with Crippen molar-refractivity contribution in [3.8, 4) is 0 Å². The molecule has 0 atom stereocenters. The van der Waals surface area contributed by atoms with Crippen LogP contribution in [-0.2, 0) is 16.4 Å². The van der Waals surface area contributed by atoms with Crippen molar-refractivity contribution in [1.82, 2.24) is 9.97 Å². The third kappa shape index (κ3) is 2.85. The van der Waals surface area contributed by atoms with Crippen LogP contribution in [0, 0.1) is 6.92 Å². The van der Waals surface area contributed by atoms with Crippen LogP contribution >= 0.6 is 11.3 Å². The van der Waals surface area contributed by atoms with Crippen molar-refractivity contribution in [2.45, 2.75) is 25.2 Å². The number of H-pyrrole nitrogens is 1. The molecule has 0 amide bonds. The molecule has 0 saturated heterocycles. The van der Waals surface area contributed by atoms with E-state index in [1.807, 2.05) is 13.8 Å². The summed E-state index contributed by atoms with van der Waals surface area (Å²) in [5, 5.41) is 0.276. The molecule has 0 aromatic carbocycles. The first-order valence-electron chi connectivity index (χ1n) is 5.60. The average molecular weight is 299 g/mol. The Bertz CT molecular complexity index is 747. The third-order valence-corrected chi connectivity index (χ3v) is 4.94. The molecular weight excluding hydrogens is 286 g/mol. The highest BCUT2D eigenvalue weighted by Gasteiger charge is 2.19. The molecule has 0 radical (unpaired) electrons. The van der Waals surface area contributed by atoms with Crippen LogP contribution in [0.2, 0.25) is 0 Å². The molecule has 0 spiro atoms. The van der Waals surface area contributed by atoms with Gasteiger partial charge in [-0.2, -0.15) is 0 Å². The highest BCUT2D eigenvalue weighted by molar-refractivity contribution is 7.93. The van der Waals surface area contributed by atoms with Crippen LogP contribution in [0.25, 0.3) is 0 Å². The lowest BCUT2D eigenvalue weighted by molar-refractivity contribution is 0.600. The monoisotopic (exact) mass is 299 g/mol. The molecular formula is C11H13N3O3S2. The Balaban J connectivity index is 2.37. The fraction of sp³-hybridized carbons (Fsp3) is 0.273. The van der Waals surface area contributed by atoms with Gasteiger partial charge in [0.05, 0.1) is 5.69 Å². The number of aromatic nitrogens is 2. The van der Waals surface area contributed by atoms with E-state index in [0.29, 0.717) is 0 Å². The summed E-state index contributed by atoms with van der Waals surface area (Å²) in [4.78, 5) is 18.9. The molecule has 0 unspecified atom stereocenters. The van der Waals surface area contributed by atoms with Gasteiger partial charge in [0.1, 0.15) is 0 Å². The van der Waals surface area contributed by atoms with Gasteiger partial charge >= 0.3 is 0 Å². The fourth-order valence-corrected chi connectivity index (χ4v) is 3.77. The number of pyridine rings is 1. The van der Waals surface area contributed by atoms with E-state index < -0.39 is 15.5 Å². The van der Waals surface area contributed by atoms with Crippen LogP contribution in [0.3, 0.4) is 0 Å². The van der Waals surface area contributed by atoms with E-state index >= 15 is 0 Å². The van der Waals surface area contributed by atoms with Crippen LogP contribution in [0.5, 0.6) is 0 Å². The summed E-state index contributed by atoms with van der Waals surface area (Å²) in [6.07, 6.45) is 3.27. The van der Waals surface area contributed by atoms with Crippen molar-refractivity contribution in [2.75, 3.05) is 4.72 Å². The second-order valence-electron chi connectivity index (χ2n) is 3.85. The lowest BCUT2D eigenvalue weighted by Gasteiger charge is -2.03. The number of sulfonamides is 1. The number of anilines is 1. The zero-order valence-electron chi connectivity index (χ0n) is 10.4. The maximum absolute atomic E-state index is 12.1. The van der Waals surface area contributed by atoms with E-state index in [1.54, 1.807) is 0 Å². The summed E-state index contributed by atoms with van der Waals surface area (Å²) in [6, 6.07) is 1.17. The van der Waals surface area contributed by atoms with Gasteiger partial charge in [0.25, 0.3) is 10.0 Å². The summed E-state index contributed by atoms with van der Waals surface area (Å²) in [6.45, 7) is 3.83. The number of hydrogen-bond acceptors (Lipinski definition) is 5. The largest absolute Gasteiger partial charge is 0.366 e. The third-order valence-electron chi connectivity index (χ3n) is 2.53. The first-order chi connectivity index (χ1) is 8.94. The second kappa shape index (κ2) is 5.14. The molecule has 0 saturated carbocycles. The van der Waals surface area contributed by atoms with Crippen molar-refractivity contribution < 1.29 is 8.42 Å². The number of thiazole rings is 1. The van der Waals surface area contributed by atoms with E-state index in [-0.39, 0.29) is 10.0 Å². The van der Waals surface area contributed by atoms with E-state index in [2.05, 4.69) is 14.7 Å². The summed E-state index contributed by atoms with van der Waals surface area (Å²) < 4.78 is 26.5. The minimum absolute atomic E-state index is 0.276. The molecule has 102 valence electrons. The van der Waals surface area contributed by atoms with Gasteiger partial charge in [0, 0.05) is 23.3 Å². The standard InChI is InChI=1S/C11H13N3O3S2/c1-3-8-7(2)18-11(13-8)14-19(16,17)10-6-12-5-4-9(10)15/h4-6H,3H2,1-2H3,(H,12,15)(H,13,14). The number of aromatic amines is 1. The van der Waals surface area contributed by atoms with Crippen LogP contribution in [0.15, 0.2) is 28.2 Å².